The van der Waals surface area contributed by atoms with E-state index in [1.54, 1.807) is 0 Å². The molecule has 0 radical (unpaired) electrons. The summed E-state index contributed by atoms with van der Waals surface area (Å²) in [6.07, 6.45) is 10.8. The highest BCUT2D eigenvalue weighted by molar-refractivity contribution is 4.98. The summed E-state index contributed by atoms with van der Waals surface area (Å²) in [6, 6.07) is 1.58. The molecule has 0 amide bonds. The van der Waals surface area contributed by atoms with Crippen LogP contribution in [0.4, 0.5) is 0 Å². The second-order valence-corrected chi connectivity index (χ2v) is 7.23. The number of rotatable bonds is 1. The lowest BCUT2D eigenvalue weighted by Gasteiger charge is -2.44. The lowest BCUT2D eigenvalue weighted by molar-refractivity contribution is -0.105. The van der Waals surface area contributed by atoms with Gasteiger partial charge in [-0.2, -0.15) is 0 Å². The SMILES string of the molecule is C1CC2CCC(C3CCOC4(CCOC4)C3)NC2C1. The van der Waals surface area contributed by atoms with Crippen molar-refractivity contribution in [3.05, 3.63) is 0 Å². The number of hydrogen-bond acceptors (Lipinski definition) is 3. The Morgan fingerprint density at radius 1 is 0.895 bits per heavy atom. The first-order valence-electron chi connectivity index (χ1n) is 8.32. The summed E-state index contributed by atoms with van der Waals surface area (Å²) in [5.74, 6) is 1.80. The highest BCUT2D eigenvalue weighted by Gasteiger charge is 2.44. The summed E-state index contributed by atoms with van der Waals surface area (Å²) < 4.78 is 11.7. The number of hydrogen-bond donors (Lipinski definition) is 1. The molecular weight excluding hydrogens is 238 g/mol. The van der Waals surface area contributed by atoms with E-state index < -0.39 is 0 Å². The average molecular weight is 265 g/mol. The molecule has 4 aliphatic rings. The zero-order chi connectivity index (χ0) is 12.7. The van der Waals surface area contributed by atoms with Crippen LogP contribution < -0.4 is 5.32 Å². The summed E-state index contributed by atoms with van der Waals surface area (Å²) in [6.45, 7) is 2.68. The minimum Gasteiger partial charge on any atom is -0.378 e. The number of ether oxygens (including phenoxy) is 2. The largest absolute Gasteiger partial charge is 0.378 e. The summed E-state index contributed by atoms with van der Waals surface area (Å²) in [5, 5.41) is 4.00. The Balaban J connectivity index is 1.41. The van der Waals surface area contributed by atoms with Crippen molar-refractivity contribution in [1.29, 1.82) is 0 Å². The van der Waals surface area contributed by atoms with Gasteiger partial charge in [-0.1, -0.05) is 6.42 Å². The van der Waals surface area contributed by atoms with E-state index in [2.05, 4.69) is 5.32 Å². The lowest BCUT2D eigenvalue weighted by atomic mass is 9.76. The molecule has 0 aromatic rings. The molecule has 19 heavy (non-hydrogen) atoms. The van der Waals surface area contributed by atoms with Crippen LogP contribution in [0.3, 0.4) is 0 Å². The molecule has 1 spiro atoms. The number of fused-ring (bicyclic) bond motifs is 1. The monoisotopic (exact) mass is 265 g/mol. The normalized spacial score (nSPS) is 50.5. The molecular formula is C16H27NO2. The van der Waals surface area contributed by atoms with Gasteiger partial charge < -0.3 is 14.8 Å². The third kappa shape index (κ3) is 2.34. The van der Waals surface area contributed by atoms with E-state index in [1.165, 1.54) is 44.9 Å². The predicted molar refractivity (Wildman–Crippen MR) is 74.1 cm³/mol. The van der Waals surface area contributed by atoms with Crippen LogP contribution in [-0.2, 0) is 9.47 Å². The first-order chi connectivity index (χ1) is 9.35. The van der Waals surface area contributed by atoms with Crippen molar-refractivity contribution in [1.82, 2.24) is 5.32 Å². The molecule has 4 fully saturated rings. The van der Waals surface area contributed by atoms with E-state index in [4.69, 9.17) is 9.47 Å². The number of piperidine rings is 1. The van der Waals surface area contributed by atoms with Gasteiger partial charge in [0.05, 0.1) is 12.2 Å². The van der Waals surface area contributed by atoms with Crippen molar-refractivity contribution >= 4 is 0 Å². The van der Waals surface area contributed by atoms with Gasteiger partial charge >= 0.3 is 0 Å². The van der Waals surface area contributed by atoms with Gasteiger partial charge in [0, 0.05) is 31.7 Å². The van der Waals surface area contributed by atoms with Crippen LogP contribution in [0.15, 0.2) is 0 Å². The molecule has 0 aromatic heterocycles. The zero-order valence-electron chi connectivity index (χ0n) is 11.9. The fourth-order valence-corrected chi connectivity index (χ4v) is 5.00. The van der Waals surface area contributed by atoms with E-state index in [0.717, 1.165) is 50.2 Å². The molecule has 1 N–H and O–H groups in total. The van der Waals surface area contributed by atoms with Gasteiger partial charge in [0.2, 0.25) is 0 Å². The second kappa shape index (κ2) is 5.01. The van der Waals surface area contributed by atoms with Crippen LogP contribution >= 0.6 is 0 Å². The molecule has 3 heteroatoms. The Labute approximate surface area is 116 Å². The van der Waals surface area contributed by atoms with Gasteiger partial charge in [0.25, 0.3) is 0 Å². The average Bonchev–Trinajstić information content (AvgIpc) is 3.07. The smallest absolute Gasteiger partial charge is 0.0939 e. The van der Waals surface area contributed by atoms with Crippen molar-refractivity contribution in [2.45, 2.75) is 69.1 Å². The Kier molecular flexibility index (Phi) is 3.33. The molecule has 3 aliphatic heterocycles. The number of nitrogens with one attached hydrogen (secondary N) is 1. The molecule has 5 atom stereocenters. The van der Waals surface area contributed by atoms with Gasteiger partial charge in [0.1, 0.15) is 0 Å². The maximum absolute atomic E-state index is 6.08. The molecule has 0 aromatic carbocycles. The standard InChI is InChI=1S/C16H27NO2/c1-2-12-4-5-15(17-14(12)3-1)13-6-8-19-16(10-13)7-9-18-11-16/h12-15,17H,1-11H2. The first-order valence-corrected chi connectivity index (χ1v) is 8.32. The Hall–Kier alpha value is -0.120. The van der Waals surface area contributed by atoms with Crippen LogP contribution in [0.2, 0.25) is 0 Å². The van der Waals surface area contributed by atoms with Gasteiger partial charge in [-0.05, 0) is 50.4 Å². The fourth-order valence-electron chi connectivity index (χ4n) is 5.00. The Morgan fingerprint density at radius 2 is 1.84 bits per heavy atom. The minimum atomic E-state index is 0.0805. The molecule has 4 rings (SSSR count). The highest BCUT2D eigenvalue weighted by Crippen LogP contribution is 2.41. The molecule has 5 unspecified atom stereocenters. The summed E-state index contributed by atoms with van der Waals surface area (Å²) in [5.41, 5.74) is 0.0805. The summed E-state index contributed by atoms with van der Waals surface area (Å²) in [4.78, 5) is 0. The van der Waals surface area contributed by atoms with Crippen molar-refractivity contribution in [3.63, 3.8) is 0 Å². The second-order valence-electron chi connectivity index (χ2n) is 7.23. The maximum atomic E-state index is 6.08. The quantitative estimate of drug-likeness (QED) is 0.790. The molecule has 3 heterocycles. The summed E-state index contributed by atoms with van der Waals surface area (Å²) in [7, 11) is 0. The highest BCUT2D eigenvalue weighted by atomic mass is 16.6. The van der Waals surface area contributed by atoms with Gasteiger partial charge in [0.15, 0.2) is 0 Å². The van der Waals surface area contributed by atoms with Gasteiger partial charge in [-0.3, -0.25) is 0 Å². The van der Waals surface area contributed by atoms with E-state index in [0.29, 0.717) is 0 Å². The third-order valence-electron chi connectivity index (χ3n) is 6.10. The van der Waals surface area contributed by atoms with Crippen molar-refractivity contribution in [2.75, 3.05) is 19.8 Å². The van der Waals surface area contributed by atoms with Crippen LogP contribution in [0, 0.1) is 11.8 Å². The molecule has 3 nitrogen and oxygen atoms in total. The molecule has 1 aliphatic carbocycles. The topological polar surface area (TPSA) is 30.5 Å². The summed E-state index contributed by atoms with van der Waals surface area (Å²) >= 11 is 0. The predicted octanol–water partition coefficient (Wildman–Crippen LogP) is 2.49. The molecule has 1 saturated carbocycles. The fraction of sp³-hybridized carbons (Fsp3) is 1.00. The lowest BCUT2D eigenvalue weighted by Crippen LogP contribution is -2.52. The van der Waals surface area contributed by atoms with Crippen molar-refractivity contribution < 1.29 is 9.47 Å². The van der Waals surface area contributed by atoms with Crippen LogP contribution in [-0.4, -0.2) is 37.5 Å². The van der Waals surface area contributed by atoms with Gasteiger partial charge in [-0.15, -0.1) is 0 Å². The van der Waals surface area contributed by atoms with Crippen molar-refractivity contribution in [3.8, 4) is 0 Å². The molecule has 0 bridgehead atoms. The minimum absolute atomic E-state index is 0.0805. The molecule has 108 valence electrons. The Bertz CT molecular complexity index is 327. The Morgan fingerprint density at radius 3 is 2.74 bits per heavy atom. The maximum Gasteiger partial charge on any atom is 0.0939 e. The van der Waals surface area contributed by atoms with E-state index >= 15 is 0 Å². The van der Waals surface area contributed by atoms with Crippen molar-refractivity contribution in [2.24, 2.45) is 11.8 Å². The zero-order valence-corrected chi connectivity index (χ0v) is 11.9. The first kappa shape index (κ1) is 12.6. The van der Waals surface area contributed by atoms with E-state index in [9.17, 15) is 0 Å². The molecule has 3 saturated heterocycles. The van der Waals surface area contributed by atoms with Crippen LogP contribution in [0.25, 0.3) is 0 Å². The van der Waals surface area contributed by atoms with Crippen LogP contribution in [0.1, 0.15) is 51.4 Å². The van der Waals surface area contributed by atoms with Crippen LogP contribution in [0.5, 0.6) is 0 Å². The van der Waals surface area contributed by atoms with Gasteiger partial charge in [-0.25, -0.2) is 0 Å². The third-order valence-corrected chi connectivity index (χ3v) is 6.10. The van der Waals surface area contributed by atoms with E-state index in [-0.39, 0.29) is 5.60 Å². The van der Waals surface area contributed by atoms with E-state index in [1.807, 2.05) is 0 Å².